The van der Waals surface area contributed by atoms with E-state index in [-0.39, 0.29) is 29.4 Å². The molecule has 0 unspecified atom stereocenters. The lowest BCUT2D eigenvalue weighted by Crippen LogP contribution is -2.48. The van der Waals surface area contributed by atoms with Gasteiger partial charge >= 0.3 is 0 Å². The van der Waals surface area contributed by atoms with E-state index in [0.29, 0.717) is 0 Å². The fourth-order valence-corrected chi connectivity index (χ4v) is 3.33. The fraction of sp³-hybridized carbons (Fsp3) is 0.632. The summed E-state index contributed by atoms with van der Waals surface area (Å²) in [6.07, 6.45) is 4.46. The van der Waals surface area contributed by atoms with Crippen molar-refractivity contribution < 1.29 is 4.74 Å². The molecular weight excluding hydrogens is 413 g/mol. The maximum atomic E-state index is 5.63. The molecule has 1 aromatic carbocycles. The van der Waals surface area contributed by atoms with Gasteiger partial charge in [0.25, 0.3) is 0 Å². The number of hydrogen-bond donors (Lipinski definition) is 2. The monoisotopic (exact) mass is 445 g/mol. The van der Waals surface area contributed by atoms with Crippen LogP contribution in [0, 0.1) is 6.92 Å². The first-order chi connectivity index (χ1) is 11.2. The van der Waals surface area contributed by atoms with Gasteiger partial charge in [-0.3, -0.25) is 4.99 Å². The zero-order valence-electron chi connectivity index (χ0n) is 15.2. The molecule has 5 heteroatoms. The predicted octanol–water partition coefficient (Wildman–Crippen LogP) is 3.63. The Bertz CT molecular complexity index is 513. The highest BCUT2D eigenvalue weighted by atomic mass is 127. The van der Waals surface area contributed by atoms with Crippen LogP contribution in [0.2, 0.25) is 0 Å². The average molecular weight is 445 g/mol. The minimum Gasteiger partial charge on any atom is -0.381 e. The molecule has 0 amide bonds. The summed E-state index contributed by atoms with van der Waals surface area (Å²) in [6.45, 7) is 7.94. The Morgan fingerprint density at radius 3 is 2.54 bits per heavy atom. The van der Waals surface area contributed by atoms with E-state index >= 15 is 0 Å². The van der Waals surface area contributed by atoms with Crippen molar-refractivity contribution >= 4 is 29.9 Å². The lowest BCUT2D eigenvalue weighted by atomic mass is 9.72. The molecule has 4 nitrogen and oxygen atoms in total. The lowest BCUT2D eigenvalue weighted by Gasteiger charge is -2.39. The number of hydrogen-bond acceptors (Lipinski definition) is 2. The van der Waals surface area contributed by atoms with E-state index in [9.17, 15) is 0 Å². The zero-order chi connectivity index (χ0) is 16.5. The van der Waals surface area contributed by atoms with Gasteiger partial charge in [-0.2, -0.15) is 0 Å². The third-order valence-corrected chi connectivity index (χ3v) is 4.81. The molecule has 0 radical (unpaired) electrons. The molecule has 1 saturated heterocycles. The molecule has 0 spiro atoms. The minimum atomic E-state index is 0. The predicted molar refractivity (Wildman–Crippen MR) is 113 cm³/mol. The number of nitrogens with zero attached hydrogens (tertiary/aromatic N) is 1. The van der Waals surface area contributed by atoms with Crippen LogP contribution in [0.25, 0.3) is 0 Å². The van der Waals surface area contributed by atoms with Gasteiger partial charge in [0.2, 0.25) is 0 Å². The molecule has 1 heterocycles. The largest absolute Gasteiger partial charge is 0.381 e. The van der Waals surface area contributed by atoms with Gasteiger partial charge in [0.1, 0.15) is 0 Å². The van der Waals surface area contributed by atoms with Crippen molar-refractivity contribution in [2.45, 2.75) is 44.9 Å². The van der Waals surface area contributed by atoms with Crippen LogP contribution in [0.1, 0.15) is 43.7 Å². The number of nitrogens with one attached hydrogen (secondary N) is 2. The highest BCUT2D eigenvalue weighted by molar-refractivity contribution is 14.0. The van der Waals surface area contributed by atoms with E-state index < -0.39 is 0 Å². The standard InChI is InChI=1S/C19H31N3O.HI/c1-4-5-12-21-18(20-3)22-15-19(10-13-23-14-11-19)17-9-7-6-8-16(17)2;/h6-9H,4-5,10-15H2,1-3H3,(H2,20,21,22);1H. The van der Waals surface area contributed by atoms with Crippen molar-refractivity contribution in [3.05, 3.63) is 35.4 Å². The molecular formula is C19H32IN3O. The summed E-state index contributed by atoms with van der Waals surface area (Å²) >= 11 is 0. The van der Waals surface area contributed by atoms with E-state index in [2.05, 4.69) is 53.7 Å². The average Bonchev–Trinajstić information content (AvgIpc) is 2.59. The molecule has 1 aliphatic heterocycles. The quantitative estimate of drug-likeness (QED) is 0.304. The maximum Gasteiger partial charge on any atom is 0.191 e. The van der Waals surface area contributed by atoms with Crippen molar-refractivity contribution in [1.29, 1.82) is 0 Å². The molecule has 24 heavy (non-hydrogen) atoms. The number of halogens is 1. The smallest absolute Gasteiger partial charge is 0.191 e. The fourth-order valence-electron chi connectivity index (χ4n) is 3.33. The summed E-state index contributed by atoms with van der Waals surface area (Å²) in [6, 6.07) is 8.74. The van der Waals surface area contributed by atoms with Crippen LogP contribution < -0.4 is 10.6 Å². The summed E-state index contributed by atoms with van der Waals surface area (Å²) < 4.78 is 5.63. The van der Waals surface area contributed by atoms with Gasteiger partial charge in [-0.1, -0.05) is 37.6 Å². The zero-order valence-corrected chi connectivity index (χ0v) is 17.6. The van der Waals surface area contributed by atoms with Gasteiger partial charge in [-0.25, -0.2) is 0 Å². The van der Waals surface area contributed by atoms with Crippen LogP contribution in [-0.2, 0) is 10.2 Å². The lowest BCUT2D eigenvalue weighted by molar-refractivity contribution is 0.0512. The van der Waals surface area contributed by atoms with Crippen LogP contribution >= 0.6 is 24.0 Å². The number of benzene rings is 1. The molecule has 0 saturated carbocycles. The number of aryl methyl sites for hydroxylation is 1. The molecule has 136 valence electrons. The van der Waals surface area contributed by atoms with Gasteiger partial charge in [-0.15, -0.1) is 24.0 Å². The van der Waals surface area contributed by atoms with Crippen molar-refractivity contribution in [1.82, 2.24) is 10.6 Å². The first-order valence-corrected chi connectivity index (χ1v) is 8.80. The summed E-state index contributed by atoms with van der Waals surface area (Å²) in [5.41, 5.74) is 2.94. The first kappa shape index (κ1) is 21.2. The molecule has 1 aliphatic rings. The summed E-state index contributed by atoms with van der Waals surface area (Å²) in [4.78, 5) is 4.35. The van der Waals surface area contributed by atoms with Gasteiger partial charge in [0.05, 0.1) is 0 Å². The van der Waals surface area contributed by atoms with E-state index in [1.165, 1.54) is 17.5 Å². The molecule has 0 aliphatic carbocycles. The number of unbranched alkanes of at least 4 members (excludes halogenated alkanes) is 1. The van der Waals surface area contributed by atoms with Gasteiger partial charge in [0.15, 0.2) is 5.96 Å². The summed E-state index contributed by atoms with van der Waals surface area (Å²) in [5.74, 6) is 0.901. The van der Waals surface area contributed by atoms with Gasteiger partial charge < -0.3 is 15.4 Å². The van der Waals surface area contributed by atoms with Crippen LogP contribution in [-0.4, -0.2) is 39.3 Å². The summed E-state index contributed by atoms with van der Waals surface area (Å²) in [7, 11) is 1.84. The van der Waals surface area contributed by atoms with Crippen LogP contribution in [0.15, 0.2) is 29.3 Å². The van der Waals surface area contributed by atoms with Crippen LogP contribution in [0.3, 0.4) is 0 Å². The topological polar surface area (TPSA) is 45.7 Å². The second-order valence-corrected chi connectivity index (χ2v) is 6.41. The Morgan fingerprint density at radius 1 is 1.21 bits per heavy atom. The van der Waals surface area contributed by atoms with E-state index in [1.54, 1.807) is 0 Å². The maximum absolute atomic E-state index is 5.63. The third-order valence-electron chi connectivity index (χ3n) is 4.81. The molecule has 0 aromatic heterocycles. The van der Waals surface area contributed by atoms with Crippen LogP contribution in [0.4, 0.5) is 0 Å². The Hall–Kier alpha value is -0.820. The Kier molecular flexibility index (Phi) is 9.66. The number of rotatable bonds is 6. The molecule has 1 fully saturated rings. The van der Waals surface area contributed by atoms with Gasteiger partial charge in [-0.05, 0) is 37.3 Å². The van der Waals surface area contributed by atoms with Crippen LogP contribution in [0.5, 0.6) is 0 Å². The third kappa shape index (κ3) is 5.62. The SMILES string of the molecule is CCCCNC(=NC)NCC1(c2ccccc2C)CCOCC1.I. The minimum absolute atomic E-state index is 0. The van der Waals surface area contributed by atoms with Crippen molar-refractivity contribution in [2.75, 3.05) is 33.4 Å². The van der Waals surface area contributed by atoms with Gasteiger partial charge in [0, 0.05) is 38.8 Å². The Labute approximate surface area is 163 Å². The molecule has 2 rings (SSSR count). The molecule has 0 bridgehead atoms. The molecule has 2 N–H and O–H groups in total. The van der Waals surface area contributed by atoms with Crippen molar-refractivity contribution in [3.8, 4) is 0 Å². The second kappa shape index (κ2) is 10.9. The highest BCUT2D eigenvalue weighted by Crippen LogP contribution is 2.36. The van der Waals surface area contributed by atoms with Crippen molar-refractivity contribution in [3.63, 3.8) is 0 Å². The number of aliphatic imine (C=N–C) groups is 1. The Morgan fingerprint density at radius 2 is 1.92 bits per heavy atom. The first-order valence-electron chi connectivity index (χ1n) is 8.80. The second-order valence-electron chi connectivity index (χ2n) is 6.41. The highest BCUT2D eigenvalue weighted by Gasteiger charge is 2.35. The molecule has 0 atom stereocenters. The van der Waals surface area contributed by atoms with E-state index in [4.69, 9.17) is 4.74 Å². The van der Waals surface area contributed by atoms with E-state index in [1.807, 2.05) is 7.05 Å². The molecule has 1 aromatic rings. The number of ether oxygens (including phenoxy) is 1. The Balaban J connectivity index is 0.00000288. The van der Waals surface area contributed by atoms with Crippen molar-refractivity contribution in [2.24, 2.45) is 4.99 Å². The number of guanidine groups is 1. The van der Waals surface area contributed by atoms with E-state index in [0.717, 1.165) is 51.5 Å². The summed E-state index contributed by atoms with van der Waals surface area (Å²) in [5, 5.41) is 6.95. The normalized spacial score (nSPS) is 17.0.